The minimum Gasteiger partial charge on any atom is -0.313 e. The highest BCUT2D eigenvalue weighted by molar-refractivity contribution is 7.11. The summed E-state index contributed by atoms with van der Waals surface area (Å²) in [5, 5.41) is 3.85. The van der Waals surface area contributed by atoms with Crippen molar-refractivity contribution in [1.82, 2.24) is 5.32 Å². The molecule has 0 radical (unpaired) electrons. The van der Waals surface area contributed by atoms with E-state index < -0.39 is 0 Å². The monoisotopic (exact) mass is 293 g/mol. The first kappa shape index (κ1) is 16.0. The molecular weight excluding hydrogens is 262 g/mol. The second-order valence-electron chi connectivity index (χ2n) is 6.97. The fourth-order valence-electron chi connectivity index (χ4n) is 3.72. The second kappa shape index (κ2) is 7.09. The van der Waals surface area contributed by atoms with Crippen LogP contribution >= 0.6 is 11.3 Å². The Morgan fingerprint density at radius 1 is 1.30 bits per heavy atom. The third-order valence-electron chi connectivity index (χ3n) is 4.97. The van der Waals surface area contributed by atoms with Gasteiger partial charge in [0.1, 0.15) is 0 Å². The maximum atomic E-state index is 3.85. The average Bonchev–Trinajstić information content (AvgIpc) is 3.00. The maximum Gasteiger partial charge on any atom is 0.0149 e. The highest BCUT2D eigenvalue weighted by Crippen LogP contribution is 2.45. The van der Waals surface area contributed by atoms with Gasteiger partial charge >= 0.3 is 0 Å². The van der Waals surface area contributed by atoms with Crippen molar-refractivity contribution in [3.63, 3.8) is 0 Å². The Balaban J connectivity index is 2.06. The Hall–Kier alpha value is -0.340. The molecule has 1 aliphatic rings. The van der Waals surface area contributed by atoms with Gasteiger partial charge in [-0.2, -0.15) is 0 Å². The molecule has 0 aromatic carbocycles. The van der Waals surface area contributed by atoms with Crippen LogP contribution in [0.25, 0.3) is 0 Å². The molecule has 2 rings (SSSR count). The van der Waals surface area contributed by atoms with Gasteiger partial charge in [0, 0.05) is 15.8 Å². The summed E-state index contributed by atoms with van der Waals surface area (Å²) in [7, 11) is 0. The van der Waals surface area contributed by atoms with E-state index in [4.69, 9.17) is 0 Å². The third-order valence-corrected chi connectivity index (χ3v) is 6.22. The Bertz CT molecular complexity index is 407. The van der Waals surface area contributed by atoms with E-state index in [0.29, 0.717) is 11.5 Å². The van der Waals surface area contributed by atoms with Crippen LogP contribution < -0.4 is 5.32 Å². The van der Waals surface area contributed by atoms with Crippen LogP contribution in [0.4, 0.5) is 0 Å². The molecule has 1 N–H and O–H groups in total. The van der Waals surface area contributed by atoms with E-state index in [1.807, 2.05) is 11.3 Å². The molecule has 114 valence electrons. The summed E-state index contributed by atoms with van der Waals surface area (Å²) in [5.74, 6) is 0.834. The topological polar surface area (TPSA) is 12.0 Å². The molecule has 0 aliphatic heterocycles. The Labute approximate surface area is 129 Å². The standard InChI is InChI=1S/C18H31NS/c1-5-12-19-17(16-8-7-11-18(16,3)4)13-15-10-9-14(6-2)20-15/h9-10,16-17,19H,5-8,11-13H2,1-4H3. The number of hydrogen-bond donors (Lipinski definition) is 1. The number of nitrogens with one attached hydrogen (secondary N) is 1. The summed E-state index contributed by atoms with van der Waals surface area (Å²) in [6.45, 7) is 10.6. The van der Waals surface area contributed by atoms with E-state index in [-0.39, 0.29) is 0 Å². The van der Waals surface area contributed by atoms with Crippen molar-refractivity contribution in [2.24, 2.45) is 11.3 Å². The zero-order valence-corrected chi connectivity index (χ0v) is 14.5. The summed E-state index contributed by atoms with van der Waals surface area (Å²) in [5.41, 5.74) is 0.510. The molecule has 1 aliphatic carbocycles. The first-order chi connectivity index (χ1) is 9.56. The van der Waals surface area contributed by atoms with Crippen molar-refractivity contribution in [2.45, 2.75) is 72.3 Å². The molecular formula is C18H31NS. The smallest absolute Gasteiger partial charge is 0.0149 e. The van der Waals surface area contributed by atoms with Crippen LogP contribution in [-0.2, 0) is 12.8 Å². The summed E-state index contributed by atoms with van der Waals surface area (Å²) >= 11 is 2.01. The Morgan fingerprint density at radius 2 is 2.05 bits per heavy atom. The molecule has 1 fully saturated rings. The molecule has 20 heavy (non-hydrogen) atoms. The fraction of sp³-hybridized carbons (Fsp3) is 0.778. The lowest BCUT2D eigenvalue weighted by molar-refractivity contribution is 0.196. The van der Waals surface area contributed by atoms with Crippen LogP contribution in [-0.4, -0.2) is 12.6 Å². The lowest BCUT2D eigenvalue weighted by atomic mass is 9.76. The van der Waals surface area contributed by atoms with Crippen LogP contribution in [0.1, 0.15) is 63.1 Å². The zero-order valence-electron chi connectivity index (χ0n) is 13.7. The van der Waals surface area contributed by atoms with E-state index >= 15 is 0 Å². The fourth-order valence-corrected chi connectivity index (χ4v) is 4.74. The van der Waals surface area contributed by atoms with Gasteiger partial charge < -0.3 is 5.32 Å². The maximum absolute atomic E-state index is 3.85. The van der Waals surface area contributed by atoms with Crippen molar-refractivity contribution in [3.05, 3.63) is 21.9 Å². The van der Waals surface area contributed by atoms with Crippen LogP contribution in [0, 0.1) is 11.3 Å². The van der Waals surface area contributed by atoms with Crippen molar-refractivity contribution < 1.29 is 0 Å². The van der Waals surface area contributed by atoms with E-state index in [9.17, 15) is 0 Å². The summed E-state index contributed by atoms with van der Waals surface area (Å²) in [6, 6.07) is 5.33. The largest absolute Gasteiger partial charge is 0.313 e. The molecule has 1 heterocycles. The number of aryl methyl sites for hydroxylation is 1. The summed E-state index contributed by atoms with van der Waals surface area (Å²) < 4.78 is 0. The number of rotatable bonds is 7. The third kappa shape index (κ3) is 3.85. The lowest BCUT2D eigenvalue weighted by Crippen LogP contribution is -2.42. The van der Waals surface area contributed by atoms with Crippen LogP contribution in [0.15, 0.2) is 12.1 Å². The van der Waals surface area contributed by atoms with E-state index in [1.54, 1.807) is 4.88 Å². The molecule has 0 bridgehead atoms. The van der Waals surface area contributed by atoms with Crippen LogP contribution in [0.5, 0.6) is 0 Å². The molecule has 1 aromatic rings. The molecule has 1 nitrogen and oxygen atoms in total. The number of hydrogen-bond acceptors (Lipinski definition) is 2. The van der Waals surface area contributed by atoms with Crippen molar-refractivity contribution in [1.29, 1.82) is 0 Å². The molecule has 2 atom stereocenters. The van der Waals surface area contributed by atoms with E-state index in [0.717, 1.165) is 12.5 Å². The van der Waals surface area contributed by atoms with Gasteiger partial charge in [-0.05, 0) is 62.1 Å². The minimum absolute atomic E-state index is 0.510. The molecule has 1 saturated carbocycles. The van der Waals surface area contributed by atoms with Gasteiger partial charge in [0.2, 0.25) is 0 Å². The quantitative estimate of drug-likeness (QED) is 0.742. The molecule has 0 amide bonds. The van der Waals surface area contributed by atoms with Gasteiger partial charge in [-0.15, -0.1) is 11.3 Å². The predicted molar refractivity (Wildman–Crippen MR) is 90.6 cm³/mol. The van der Waals surface area contributed by atoms with Crippen molar-refractivity contribution >= 4 is 11.3 Å². The summed E-state index contributed by atoms with van der Waals surface area (Å²) in [4.78, 5) is 3.10. The van der Waals surface area contributed by atoms with Gasteiger partial charge in [0.25, 0.3) is 0 Å². The van der Waals surface area contributed by atoms with Crippen LogP contribution in [0.2, 0.25) is 0 Å². The van der Waals surface area contributed by atoms with Gasteiger partial charge in [-0.1, -0.05) is 34.1 Å². The van der Waals surface area contributed by atoms with Crippen molar-refractivity contribution in [2.75, 3.05) is 6.54 Å². The van der Waals surface area contributed by atoms with E-state index in [2.05, 4.69) is 45.1 Å². The first-order valence-corrected chi connectivity index (χ1v) is 9.19. The van der Waals surface area contributed by atoms with Gasteiger partial charge in [0.15, 0.2) is 0 Å². The number of thiophene rings is 1. The SMILES string of the molecule is CCCNC(Cc1ccc(CC)s1)C1CCCC1(C)C. The van der Waals surface area contributed by atoms with E-state index in [1.165, 1.54) is 43.4 Å². The van der Waals surface area contributed by atoms with Crippen LogP contribution in [0.3, 0.4) is 0 Å². The molecule has 0 spiro atoms. The highest BCUT2D eigenvalue weighted by Gasteiger charge is 2.39. The van der Waals surface area contributed by atoms with Crippen molar-refractivity contribution in [3.8, 4) is 0 Å². The molecule has 2 heteroatoms. The van der Waals surface area contributed by atoms with Gasteiger partial charge in [0.05, 0.1) is 0 Å². The normalized spacial score (nSPS) is 23.1. The average molecular weight is 294 g/mol. The highest BCUT2D eigenvalue weighted by atomic mass is 32.1. The minimum atomic E-state index is 0.510. The predicted octanol–water partition coefficient (Wildman–Crippen LogP) is 5.05. The Morgan fingerprint density at radius 3 is 2.60 bits per heavy atom. The van der Waals surface area contributed by atoms with Gasteiger partial charge in [-0.25, -0.2) is 0 Å². The molecule has 0 saturated heterocycles. The molecule has 1 aromatic heterocycles. The Kier molecular flexibility index (Phi) is 5.68. The lowest BCUT2D eigenvalue weighted by Gasteiger charge is -2.35. The zero-order chi connectivity index (χ0) is 14.6. The van der Waals surface area contributed by atoms with Gasteiger partial charge in [-0.3, -0.25) is 0 Å². The molecule has 2 unspecified atom stereocenters. The summed E-state index contributed by atoms with van der Waals surface area (Å²) in [6.07, 6.45) is 7.83. The second-order valence-corrected chi connectivity index (χ2v) is 8.23. The first-order valence-electron chi connectivity index (χ1n) is 8.37.